The zero-order valence-corrected chi connectivity index (χ0v) is 12.1. The number of amides is 1. The SMILES string of the molecule is C[C@H]1OCC[C@H]1C(=O)Nc1cccc(-c2ncn(C)n2)c1. The number of aryl methyl sites for hydroxylation is 1. The number of nitrogens with one attached hydrogen (secondary N) is 1. The van der Waals surface area contributed by atoms with Crippen molar-refractivity contribution in [1.29, 1.82) is 0 Å². The van der Waals surface area contributed by atoms with Gasteiger partial charge in [0.1, 0.15) is 6.33 Å². The molecule has 0 aliphatic carbocycles. The Morgan fingerprint density at radius 1 is 1.48 bits per heavy atom. The van der Waals surface area contributed by atoms with Crippen LogP contribution in [0.4, 0.5) is 5.69 Å². The van der Waals surface area contributed by atoms with Gasteiger partial charge in [-0.25, -0.2) is 4.98 Å². The molecule has 0 spiro atoms. The van der Waals surface area contributed by atoms with Crippen molar-refractivity contribution in [2.75, 3.05) is 11.9 Å². The number of hydrogen-bond donors (Lipinski definition) is 1. The molecule has 1 N–H and O–H groups in total. The standard InChI is InChI=1S/C15H18N4O2/c1-10-13(6-7-21-10)15(20)17-12-5-3-4-11(8-12)14-16-9-19(2)18-14/h3-5,8-10,13H,6-7H2,1-2H3,(H,17,20)/t10-,13-/m1/s1. The highest BCUT2D eigenvalue weighted by atomic mass is 16.5. The third-order valence-corrected chi connectivity index (χ3v) is 3.70. The molecular weight excluding hydrogens is 268 g/mol. The highest BCUT2D eigenvalue weighted by Gasteiger charge is 2.30. The topological polar surface area (TPSA) is 69.0 Å². The molecule has 3 rings (SSSR count). The highest BCUT2D eigenvalue weighted by molar-refractivity contribution is 5.93. The van der Waals surface area contributed by atoms with Crippen molar-refractivity contribution >= 4 is 11.6 Å². The molecule has 2 atom stereocenters. The van der Waals surface area contributed by atoms with Crippen LogP contribution in [0.2, 0.25) is 0 Å². The lowest BCUT2D eigenvalue weighted by Gasteiger charge is -2.14. The third-order valence-electron chi connectivity index (χ3n) is 3.70. The molecule has 0 radical (unpaired) electrons. The van der Waals surface area contributed by atoms with Gasteiger partial charge < -0.3 is 10.1 Å². The van der Waals surface area contributed by atoms with Crippen molar-refractivity contribution in [3.05, 3.63) is 30.6 Å². The van der Waals surface area contributed by atoms with E-state index in [2.05, 4.69) is 15.4 Å². The Bertz CT molecular complexity index is 653. The van der Waals surface area contributed by atoms with E-state index in [1.807, 2.05) is 38.2 Å². The zero-order valence-electron chi connectivity index (χ0n) is 12.1. The predicted octanol–water partition coefficient (Wildman–Crippen LogP) is 1.85. The summed E-state index contributed by atoms with van der Waals surface area (Å²) < 4.78 is 7.09. The van der Waals surface area contributed by atoms with Gasteiger partial charge in [-0.2, -0.15) is 5.10 Å². The first-order valence-electron chi connectivity index (χ1n) is 7.02. The summed E-state index contributed by atoms with van der Waals surface area (Å²) in [6, 6.07) is 7.56. The van der Waals surface area contributed by atoms with Crippen LogP contribution in [-0.4, -0.2) is 33.4 Å². The summed E-state index contributed by atoms with van der Waals surface area (Å²) in [7, 11) is 1.82. The lowest BCUT2D eigenvalue weighted by molar-refractivity contribution is -0.121. The second kappa shape index (κ2) is 5.65. The van der Waals surface area contributed by atoms with E-state index in [-0.39, 0.29) is 17.9 Å². The summed E-state index contributed by atoms with van der Waals surface area (Å²) in [5, 5.41) is 7.21. The first-order chi connectivity index (χ1) is 10.1. The van der Waals surface area contributed by atoms with Crippen molar-refractivity contribution in [2.24, 2.45) is 13.0 Å². The molecule has 1 saturated heterocycles. The van der Waals surface area contributed by atoms with Gasteiger partial charge in [-0.1, -0.05) is 12.1 Å². The molecule has 2 heterocycles. The van der Waals surface area contributed by atoms with E-state index >= 15 is 0 Å². The molecule has 21 heavy (non-hydrogen) atoms. The van der Waals surface area contributed by atoms with Crippen LogP contribution in [0.1, 0.15) is 13.3 Å². The quantitative estimate of drug-likeness (QED) is 0.935. The Hall–Kier alpha value is -2.21. The number of aromatic nitrogens is 3. The van der Waals surface area contributed by atoms with Gasteiger partial charge in [-0.05, 0) is 25.5 Å². The molecule has 1 aliphatic rings. The van der Waals surface area contributed by atoms with Crippen molar-refractivity contribution in [2.45, 2.75) is 19.4 Å². The van der Waals surface area contributed by atoms with Crippen LogP contribution in [0, 0.1) is 5.92 Å². The van der Waals surface area contributed by atoms with Crippen LogP contribution < -0.4 is 5.32 Å². The van der Waals surface area contributed by atoms with E-state index in [9.17, 15) is 4.79 Å². The van der Waals surface area contributed by atoms with Gasteiger partial charge in [0.15, 0.2) is 5.82 Å². The largest absolute Gasteiger partial charge is 0.378 e. The Morgan fingerprint density at radius 2 is 2.33 bits per heavy atom. The molecule has 1 fully saturated rings. The van der Waals surface area contributed by atoms with Crippen molar-refractivity contribution in [1.82, 2.24) is 14.8 Å². The number of anilines is 1. The fourth-order valence-electron chi connectivity index (χ4n) is 2.52. The van der Waals surface area contributed by atoms with Gasteiger partial charge in [0, 0.05) is 24.9 Å². The molecule has 1 aromatic heterocycles. The van der Waals surface area contributed by atoms with Crippen molar-refractivity contribution < 1.29 is 9.53 Å². The van der Waals surface area contributed by atoms with Crippen LogP contribution >= 0.6 is 0 Å². The smallest absolute Gasteiger partial charge is 0.230 e. The van der Waals surface area contributed by atoms with E-state index in [1.54, 1.807) is 11.0 Å². The fraction of sp³-hybridized carbons (Fsp3) is 0.400. The van der Waals surface area contributed by atoms with Crippen LogP contribution in [-0.2, 0) is 16.6 Å². The second-order valence-electron chi connectivity index (χ2n) is 5.28. The highest BCUT2D eigenvalue weighted by Crippen LogP contribution is 2.24. The second-order valence-corrected chi connectivity index (χ2v) is 5.28. The summed E-state index contributed by atoms with van der Waals surface area (Å²) in [6.45, 7) is 2.59. The first kappa shape index (κ1) is 13.8. The molecule has 1 aliphatic heterocycles. The first-order valence-corrected chi connectivity index (χ1v) is 7.02. The van der Waals surface area contributed by atoms with Gasteiger partial charge in [0.2, 0.25) is 5.91 Å². The van der Waals surface area contributed by atoms with Gasteiger partial charge in [-0.15, -0.1) is 0 Å². The summed E-state index contributed by atoms with van der Waals surface area (Å²) in [5.41, 5.74) is 1.63. The Balaban J connectivity index is 1.76. The normalized spacial score (nSPS) is 21.4. The molecule has 6 heteroatoms. The van der Waals surface area contributed by atoms with Gasteiger partial charge in [0.05, 0.1) is 12.0 Å². The van der Waals surface area contributed by atoms with E-state index in [0.717, 1.165) is 17.7 Å². The monoisotopic (exact) mass is 286 g/mol. The molecule has 6 nitrogen and oxygen atoms in total. The van der Waals surface area contributed by atoms with E-state index in [1.165, 1.54) is 0 Å². The maximum absolute atomic E-state index is 12.3. The summed E-state index contributed by atoms with van der Waals surface area (Å²) in [6.07, 6.45) is 2.40. The molecule has 0 unspecified atom stereocenters. The average molecular weight is 286 g/mol. The van der Waals surface area contributed by atoms with Crippen LogP contribution in [0.25, 0.3) is 11.4 Å². The molecule has 0 saturated carbocycles. The van der Waals surface area contributed by atoms with Gasteiger partial charge >= 0.3 is 0 Å². The summed E-state index contributed by atoms with van der Waals surface area (Å²) >= 11 is 0. The number of benzene rings is 1. The third kappa shape index (κ3) is 2.95. The molecule has 1 aromatic carbocycles. The van der Waals surface area contributed by atoms with E-state index < -0.39 is 0 Å². The predicted molar refractivity (Wildman–Crippen MR) is 78.6 cm³/mol. The van der Waals surface area contributed by atoms with E-state index in [0.29, 0.717) is 12.4 Å². The minimum Gasteiger partial charge on any atom is -0.378 e. The Kier molecular flexibility index (Phi) is 3.70. The van der Waals surface area contributed by atoms with Crippen molar-refractivity contribution in [3.8, 4) is 11.4 Å². The number of nitrogens with zero attached hydrogens (tertiary/aromatic N) is 3. The molecule has 0 bridgehead atoms. The summed E-state index contributed by atoms with van der Waals surface area (Å²) in [4.78, 5) is 16.5. The zero-order chi connectivity index (χ0) is 14.8. The van der Waals surface area contributed by atoms with Gasteiger partial charge in [-0.3, -0.25) is 9.48 Å². The number of ether oxygens (including phenoxy) is 1. The Morgan fingerprint density at radius 3 is 3.00 bits per heavy atom. The molecular formula is C15H18N4O2. The van der Waals surface area contributed by atoms with Crippen LogP contribution in [0.5, 0.6) is 0 Å². The van der Waals surface area contributed by atoms with E-state index in [4.69, 9.17) is 4.74 Å². The van der Waals surface area contributed by atoms with Gasteiger partial charge in [0.25, 0.3) is 0 Å². The maximum Gasteiger partial charge on any atom is 0.230 e. The molecule has 2 aromatic rings. The van der Waals surface area contributed by atoms with Crippen molar-refractivity contribution in [3.63, 3.8) is 0 Å². The maximum atomic E-state index is 12.3. The number of carbonyl (C=O) groups excluding carboxylic acids is 1. The minimum absolute atomic E-state index is 0.00568. The number of carbonyl (C=O) groups is 1. The lowest BCUT2D eigenvalue weighted by atomic mass is 10.0. The fourth-order valence-corrected chi connectivity index (χ4v) is 2.52. The summed E-state index contributed by atoms with van der Waals surface area (Å²) in [5.74, 6) is 0.568. The number of hydrogen-bond acceptors (Lipinski definition) is 4. The molecule has 110 valence electrons. The lowest BCUT2D eigenvalue weighted by Crippen LogP contribution is -2.27. The Labute approximate surface area is 123 Å². The average Bonchev–Trinajstić information content (AvgIpc) is 3.08. The minimum atomic E-state index is -0.0818. The van der Waals surface area contributed by atoms with Crippen LogP contribution in [0.15, 0.2) is 30.6 Å². The number of rotatable bonds is 3. The van der Waals surface area contributed by atoms with Crippen LogP contribution in [0.3, 0.4) is 0 Å². The molecule has 1 amide bonds.